The molecule has 0 rings (SSSR count). The van der Waals surface area contributed by atoms with E-state index >= 15 is 0 Å². The summed E-state index contributed by atoms with van der Waals surface area (Å²) in [6.07, 6.45) is -1.77. The molecule has 5 nitrogen and oxygen atoms in total. The van der Waals surface area contributed by atoms with E-state index in [4.69, 9.17) is 16.3 Å². The zero-order valence-corrected chi connectivity index (χ0v) is 10.8. The maximum Gasteiger partial charge on any atom is 0.420 e. The van der Waals surface area contributed by atoms with Crippen molar-refractivity contribution in [3.8, 4) is 0 Å². The Kier molecular flexibility index (Phi) is 7.24. The summed E-state index contributed by atoms with van der Waals surface area (Å²) in [7, 11) is 2.58. The predicted octanol–water partition coefficient (Wildman–Crippen LogP) is 2.66. The Morgan fingerprint density at radius 1 is 1.44 bits per heavy atom. The van der Waals surface area contributed by atoms with Crippen LogP contribution in [0.25, 0.3) is 0 Å². The number of amides is 2. The smallest absolute Gasteiger partial charge is 0.420 e. The third-order valence-corrected chi connectivity index (χ3v) is 2.49. The Morgan fingerprint density at radius 3 is 2.44 bits per heavy atom. The molecule has 0 aromatic heterocycles. The molecule has 0 aliphatic rings. The van der Waals surface area contributed by atoms with Gasteiger partial charge in [0.25, 0.3) is 0 Å². The van der Waals surface area contributed by atoms with Crippen molar-refractivity contribution in [1.29, 1.82) is 0 Å². The highest BCUT2D eigenvalue weighted by Crippen LogP contribution is 2.14. The SMILES string of the molecule is CC(Cl)CCOC(=O)N(C)SN(C)C(=O)F. The number of carbonyl (C=O) groups is 2. The fraction of sp³-hybridized carbons (Fsp3) is 0.750. The van der Waals surface area contributed by atoms with Crippen LogP contribution in [0.2, 0.25) is 0 Å². The van der Waals surface area contributed by atoms with E-state index in [1.165, 1.54) is 14.1 Å². The van der Waals surface area contributed by atoms with Crippen LogP contribution in [0.15, 0.2) is 0 Å². The summed E-state index contributed by atoms with van der Waals surface area (Å²) < 4.78 is 18.6. The lowest BCUT2D eigenvalue weighted by Crippen LogP contribution is -2.27. The summed E-state index contributed by atoms with van der Waals surface area (Å²) in [6, 6.07) is 0. The maximum atomic E-state index is 12.1. The van der Waals surface area contributed by atoms with Crippen LogP contribution in [0.5, 0.6) is 0 Å². The molecule has 0 N–H and O–H groups in total. The van der Waals surface area contributed by atoms with Crippen molar-refractivity contribution in [2.24, 2.45) is 0 Å². The van der Waals surface area contributed by atoms with Gasteiger partial charge in [0.05, 0.1) is 18.7 Å². The van der Waals surface area contributed by atoms with Gasteiger partial charge >= 0.3 is 12.3 Å². The lowest BCUT2D eigenvalue weighted by molar-refractivity contribution is 0.131. The highest BCUT2D eigenvalue weighted by molar-refractivity contribution is 7.95. The second-order valence-corrected chi connectivity index (χ2v) is 5.02. The molecule has 0 fully saturated rings. The Hall–Kier alpha value is -0.690. The van der Waals surface area contributed by atoms with E-state index < -0.39 is 12.3 Å². The molecule has 16 heavy (non-hydrogen) atoms. The summed E-state index contributed by atoms with van der Waals surface area (Å²) in [4.78, 5) is 21.5. The molecule has 0 saturated heterocycles. The third kappa shape index (κ3) is 6.73. The fourth-order valence-electron chi connectivity index (χ4n) is 0.649. The minimum Gasteiger partial charge on any atom is -0.449 e. The fourth-order valence-corrected chi connectivity index (χ4v) is 1.29. The lowest BCUT2D eigenvalue weighted by Gasteiger charge is -2.19. The topological polar surface area (TPSA) is 49.9 Å². The van der Waals surface area contributed by atoms with Crippen LogP contribution in [0, 0.1) is 0 Å². The van der Waals surface area contributed by atoms with E-state index in [9.17, 15) is 14.0 Å². The molecule has 0 aliphatic carbocycles. The molecule has 0 aromatic rings. The first-order valence-electron chi connectivity index (χ1n) is 4.50. The van der Waals surface area contributed by atoms with Crippen LogP contribution in [-0.4, -0.2) is 46.9 Å². The number of rotatable bonds is 5. The Morgan fingerprint density at radius 2 is 2.00 bits per heavy atom. The first kappa shape index (κ1) is 15.3. The third-order valence-electron chi connectivity index (χ3n) is 1.49. The van der Waals surface area contributed by atoms with E-state index in [0.29, 0.717) is 22.9 Å². The van der Waals surface area contributed by atoms with Crippen LogP contribution in [-0.2, 0) is 4.74 Å². The van der Waals surface area contributed by atoms with Gasteiger partial charge in [0.1, 0.15) is 0 Å². The highest BCUT2D eigenvalue weighted by atomic mass is 35.5. The molecule has 1 unspecified atom stereocenters. The molecule has 94 valence electrons. The largest absolute Gasteiger partial charge is 0.449 e. The van der Waals surface area contributed by atoms with Crippen molar-refractivity contribution in [2.45, 2.75) is 18.7 Å². The molecule has 0 aliphatic heterocycles. The van der Waals surface area contributed by atoms with Crippen molar-refractivity contribution < 1.29 is 18.7 Å². The number of carbonyl (C=O) groups excluding carboxylic acids is 2. The summed E-state index contributed by atoms with van der Waals surface area (Å²) in [5.74, 6) is 0. The minimum absolute atomic E-state index is 0.0825. The molecule has 2 amide bonds. The normalized spacial score (nSPS) is 11.8. The number of hydrogen-bond donors (Lipinski definition) is 0. The molecule has 0 aromatic carbocycles. The predicted molar refractivity (Wildman–Crippen MR) is 60.9 cm³/mol. The van der Waals surface area contributed by atoms with Gasteiger partial charge < -0.3 is 4.74 Å². The van der Waals surface area contributed by atoms with Crippen LogP contribution in [0.1, 0.15) is 13.3 Å². The Balaban J connectivity index is 3.86. The van der Waals surface area contributed by atoms with Crippen molar-refractivity contribution in [3.05, 3.63) is 0 Å². The van der Waals surface area contributed by atoms with Crippen molar-refractivity contribution in [3.63, 3.8) is 0 Å². The van der Waals surface area contributed by atoms with Gasteiger partial charge in [-0.3, -0.25) is 0 Å². The molecule has 0 heterocycles. The zero-order chi connectivity index (χ0) is 12.7. The number of nitrogens with zero attached hydrogens (tertiary/aromatic N) is 2. The molecule has 1 atom stereocenters. The maximum absolute atomic E-state index is 12.1. The van der Waals surface area contributed by atoms with Gasteiger partial charge in [-0.1, -0.05) is 0 Å². The van der Waals surface area contributed by atoms with E-state index in [2.05, 4.69) is 0 Å². The number of ether oxygens (including phenoxy) is 1. The van der Waals surface area contributed by atoms with Gasteiger partial charge in [0.2, 0.25) is 0 Å². The summed E-state index contributed by atoms with van der Waals surface area (Å²) >= 11 is 6.26. The second kappa shape index (κ2) is 7.56. The van der Waals surface area contributed by atoms with Gasteiger partial charge in [0, 0.05) is 19.5 Å². The quantitative estimate of drug-likeness (QED) is 0.334. The van der Waals surface area contributed by atoms with E-state index in [0.717, 1.165) is 4.31 Å². The average molecular weight is 273 g/mol. The summed E-state index contributed by atoms with van der Waals surface area (Å²) in [6.45, 7) is 1.96. The van der Waals surface area contributed by atoms with Crippen molar-refractivity contribution in [2.75, 3.05) is 20.7 Å². The first-order valence-corrected chi connectivity index (χ1v) is 5.67. The molecule has 8 heteroatoms. The van der Waals surface area contributed by atoms with Crippen LogP contribution < -0.4 is 0 Å². The lowest BCUT2D eigenvalue weighted by atomic mass is 10.3. The number of hydrogen-bond acceptors (Lipinski definition) is 4. The Labute approximate surface area is 103 Å². The van der Waals surface area contributed by atoms with Crippen molar-refractivity contribution >= 4 is 36.0 Å². The number of alkyl halides is 1. The summed E-state index contributed by atoms with van der Waals surface area (Å²) in [5.41, 5.74) is 0. The van der Waals surface area contributed by atoms with Gasteiger partial charge in [-0.05, 0) is 13.3 Å². The van der Waals surface area contributed by atoms with Crippen LogP contribution >= 0.6 is 23.7 Å². The second-order valence-electron chi connectivity index (χ2n) is 3.01. The standard InChI is InChI=1S/C8H14ClFN2O3S/c1-6(9)4-5-15-8(14)12(3)16-11(2)7(10)13/h6H,4-5H2,1-3H3. The van der Waals surface area contributed by atoms with Crippen molar-refractivity contribution in [1.82, 2.24) is 8.61 Å². The minimum atomic E-state index is -1.64. The molecule has 0 saturated carbocycles. The van der Waals surface area contributed by atoms with Gasteiger partial charge in [-0.25, -0.2) is 18.2 Å². The van der Waals surface area contributed by atoms with Gasteiger partial charge in [-0.2, -0.15) is 0 Å². The summed E-state index contributed by atoms with van der Waals surface area (Å²) in [5, 5.41) is -0.0825. The van der Waals surface area contributed by atoms with E-state index in [1.807, 2.05) is 0 Å². The molecule has 0 spiro atoms. The number of halogens is 2. The molecule has 0 bridgehead atoms. The molecular formula is C8H14ClFN2O3S. The zero-order valence-electron chi connectivity index (χ0n) is 9.27. The van der Waals surface area contributed by atoms with E-state index in [1.54, 1.807) is 6.92 Å². The molecule has 0 radical (unpaired) electrons. The van der Waals surface area contributed by atoms with Gasteiger partial charge in [0.15, 0.2) is 0 Å². The monoisotopic (exact) mass is 272 g/mol. The van der Waals surface area contributed by atoms with Gasteiger partial charge in [-0.15, -0.1) is 16.0 Å². The Bertz CT molecular complexity index is 255. The van der Waals surface area contributed by atoms with E-state index in [-0.39, 0.29) is 12.0 Å². The van der Waals surface area contributed by atoms with Crippen LogP contribution in [0.3, 0.4) is 0 Å². The molecular weight excluding hydrogens is 259 g/mol. The average Bonchev–Trinajstić information content (AvgIpc) is 2.16. The first-order chi connectivity index (χ1) is 7.34. The highest BCUT2D eigenvalue weighted by Gasteiger charge is 2.17. The van der Waals surface area contributed by atoms with Crippen LogP contribution in [0.4, 0.5) is 14.0 Å².